The number of halogens is 1. The number of imidazole rings is 1. The van der Waals surface area contributed by atoms with Crippen molar-refractivity contribution >= 4 is 17.5 Å². The zero-order valence-corrected chi connectivity index (χ0v) is 17.9. The molecule has 0 aliphatic carbocycles. The number of aromatic nitrogens is 2. The van der Waals surface area contributed by atoms with Crippen LogP contribution in [0.25, 0.3) is 0 Å². The zero-order chi connectivity index (χ0) is 21.3. The van der Waals surface area contributed by atoms with Crippen LogP contribution in [0.3, 0.4) is 0 Å². The number of nitrogens with one attached hydrogen (secondary N) is 2. The zero-order valence-electron chi connectivity index (χ0n) is 17.9. The molecule has 3 fully saturated rings. The van der Waals surface area contributed by atoms with Gasteiger partial charge in [-0.25, -0.2) is 9.37 Å². The molecule has 1 spiro atoms. The first-order chi connectivity index (χ1) is 15.1. The van der Waals surface area contributed by atoms with Crippen molar-refractivity contribution in [3.63, 3.8) is 0 Å². The van der Waals surface area contributed by atoms with Gasteiger partial charge in [-0.05, 0) is 49.9 Å². The maximum absolute atomic E-state index is 13.1. The van der Waals surface area contributed by atoms with Crippen molar-refractivity contribution in [2.24, 2.45) is 5.41 Å². The van der Waals surface area contributed by atoms with Gasteiger partial charge >= 0.3 is 0 Å². The Morgan fingerprint density at radius 2 is 1.77 bits per heavy atom. The van der Waals surface area contributed by atoms with Crippen LogP contribution in [-0.2, 0) is 4.79 Å². The summed E-state index contributed by atoms with van der Waals surface area (Å²) in [5, 5.41) is 3.29. The monoisotopic (exact) mass is 426 g/mol. The highest BCUT2D eigenvalue weighted by atomic mass is 19.1. The number of hydrogen-bond acceptors (Lipinski definition) is 5. The van der Waals surface area contributed by atoms with Gasteiger partial charge in [-0.2, -0.15) is 0 Å². The standard InChI is InChI=1S/C23H31FN6O/c24-18-1-3-20(4-2-18)29-15-13-28(14-16-29)10-5-19-17-23(21(31)27-19)6-11-30(12-7-23)22-25-8-9-26-22/h1-4,8-9,19H,5-7,10-17H2,(H,25,26)(H,27,31)/t19-/m0/s1. The second-order valence-corrected chi connectivity index (χ2v) is 9.15. The number of H-pyrrole nitrogens is 1. The van der Waals surface area contributed by atoms with Crippen LogP contribution in [0, 0.1) is 11.2 Å². The van der Waals surface area contributed by atoms with Crippen LogP contribution in [0.5, 0.6) is 0 Å². The minimum Gasteiger partial charge on any atom is -0.369 e. The van der Waals surface area contributed by atoms with Gasteiger partial charge in [0.15, 0.2) is 0 Å². The fourth-order valence-corrected chi connectivity index (χ4v) is 5.36. The molecular weight excluding hydrogens is 395 g/mol. The van der Waals surface area contributed by atoms with E-state index in [2.05, 4.69) is 30.0 Å². The number of anilines is 2. The lowest BCUT2D eigenvalue weighted by molar-refractivity contribution is -0.128. The van der Waals surface area contributed by atoms with Gasteiger partial charge in [-0.1, -0.05) is 0 Å². The average Bonchev–Trinajstić information content (AvgIpc) is 3.43. The number of piperidine rings is 1. The van der Waals surface area contributed by atoms with Crippen molar-refractivity contribution < 1.29 is 9.18 Å². The predicted molar refractivity (Wildman–Crippen MR) is 119 cm³/mol. The quantitative estimate of drug-likeness (QED) is 0.768. The average molecular weight is 427 g/mol. The number of carbonyl (C=O) groups excluding carboxylic acids is 1. The summed E-state index contributed by atoms with van der Waals surface area (Å²) in [5.74, 6) is 0.965. The van der Waals surface area contributed by atoms with E-state index in [9.17, 15) is 9.18 Å². The molecule has 0 unspecified atom stereocenters. The number of amides is 1. The smallest absolute Gasteiger partial charge is 0.226 e. The Labute approximate surface area is 182 Å². The molecule has 4 heterocycles. The number of rotatable bonds is 5. The Bertz CT molecular complexity index is 870. The van der Waals surface area contributed by atoms with Gasteiger partial charge in [0.05, 0.1) is 5.41 Å². The topological polar surface area (TPSA) is 67.5 Å². The summed E-state index contributed by atoms with van der Waals surface area (Å²) >= 11 is 0. The van der Waals surface area contributed by atoms with E-state index in [0.717, 1.165) is 83.1 Å². The Balaban J connectivity index is 1.08. The summed E-state index contributed by atoms with van der Waals surface area (Å²) in [7, 11) is 0. The van der Waals surface area contributed by atoms with Crippen LogP contribution in [0.1, 0.15) is 25.7 Å². The molecule has 1 aromatic carbocycles. The van der Waals surface area contributed by atoms with Crippen molar-refractivity contribution in [2.75, 3.05) is 55.6 Å². The largest absolute Gasteiger partial charge is 0.369 e. The van der Waals surface area contributed by atoms with Gasteiger partial charge in [-0.3, -0.25) is 9.69 Å². The minimum atomic E-state index is -0.199. The van der Waals surface area contributed by atoms with Crippen molar-refractivity contribution in [2.45, 2.75) is 31.7 Å². The minimum absolute atomic E-state index is 0.189. The second-order valence-electron chi connectivity index (χ2n) is 9.15. The number of aromatic amines is 1. The molecule has 0 saturated carbocycles. The fraction of sp³-hybridized carbons (Fsp3) is 0.565. The number of nitrogens with zero attached hydrogens (tertiary/aromatic N) is 4. The van der Waals surface area contributed by atoms with Gasteiger partial charge in [0.1, 0.15) is 5.82 Å². The van der Waals surface area contributed by atoms with E-state index in [4.69, 9.17) is 0 Å². The first-order valence-corrected chi connectivity index (χ1v) is 11.4. The van der Waals surface area contributed by atoms with E-state index in [0.29, 0.717) is 0 Å². The van der Waals surface area contributed by atoms with Crippen LogP contribution in [0.4, 0.5) is 16.0 Å². The summed E-state index contributed by atoms with van der Waals surface area (Å²) in [5.41, 5.74) is 0.890. The van der Waals surface area contributed by atoms with Crippen molar-refractivity contribution in [3.05, 3.63) is 42.5 Å². The Morgan fingerprint density at radius 3 is 2.45 bits per heavy atom. The fourth-order valence-electron chi connectivity index (χ4n) is 5.36. The molecule has 2 N–H and O–H groups in total. The van der Waals surface area contributed by atoms with E-state index in [1.165, 1.54) is 12.1 Å². The summed E-state index contributed by atoms with van der Waals surface area (Å²) in [4.78, 5) is 27.4. The van der Waals surface area contributed by atoms with E-state index < -0.39 is 0 Å². The number of benzene rings is 1. The van der Waals surface area contributed by atoms with E-state index >= 15 is 0 Å². The molecule has 8 heteroatoms. The molecule has 7 nitrogen and oxygen atoms in total. The second kappa shape index (κ2) is 8.49. The van der Waals surface area contributed by atoms with Gasteiger partial charge in [0, 0.05) is 69.9 Å². The van der Waals surface area contributed by atoms with Crippen LogP contribution >= 0.6 is 0 Å². The summed E-state index contributed by atoms with van der Waals surface area (Å²) < 4.78 is 13.1. The molecule has 0 radical (unpaired) electrons. The lowest BCUT2D eigenvalue weighted by Gasteiger charge is -2.37. The van der Waals surface area contributed by atoms with E-state index in [1.54, 1.807) is 6.20 Å². The van der Waals surface area contributed by atoms with Crippen LogP contribution in [0.2, 0.25) is 0 Å². The van der Waals surface area contributed by atoms with Gasteiger partial charge < -0.3 is 20.1 Å². The predicted octanol–water partition coefficient (Wildman–Crippen LogP) is 2.24. The van der Waals surface area contributed by atoms with Crippen molar-refractivity contribution in [1.82, 2.24) is 20.2 Å². The van der Waals surface area contributed by atoms with Gasteiger partial charge in [0.2, 0.25) is 11.9 Å². The summed E-state index contributed by atoms with van der Waals surface area (Å²) in [6.45, 7) is 6.67. The third-order valence-electron chi connectivity index (χ3n) is 7.32. The molecule has 3 aliphatic rings. The highest BCUT2D eigenvalue weighted by Gasteiger charge is 2.48. The van der Waals surface area contributed by atoms with E-state index in [1.807, 2.05) is 18.3 Å². The molecule has 1 atom stereocenters. The molecule has 166 valence electrons. The Hall–Kier alpha value is -2.61. The number of hydrogen-bond donors (Lipinski definition) is 2. The SMILES string of the molecule is O=C1N[C@@H](CCN2CCN(c3ccc(F)cc3)CC2)CC12CCN(c1ncc[nH]1)CC2. The lowest BCUT2D eigenvalue weighted by Crippen LogP contribution is -2.47. The Kier molecular flexibility index (Phi) is 5.56. The van der Waals surface area contributed by atoms with E-state index in [-0.39, 0.29) is 23.2 Å². The maximum atomic E-state index is 13.1. The lowest BCUT2D eigenvalue weighted by atomic mass is 9.76. The molecule has 1 aromatic heterocycles. The van der Waals surface area contributed by atoms with Crippen LogP contribution < -0.4 is 15.1 Å². The third kappa shape index (κ3) is 4.26. The van der Waals surface area contributed by atoms with Crippen LogP contribution in [-0.4, -0.2) is 72.6 Å². The molecule has 31 heavy (non-hydrogen) atoms. The van der Waals surface area contributed by atoms with Crippen molar-refractivity contribution in [1.29, 1.82) is 0 Å². The molecular formula is C23H31FN6O. The molecule has 2 aromatic rings. The van der Waals surface area contributed by atoms with Crippen LogP contribution in [0.15, 0.2) is 36.7 Å². The molecule has 1 amide bonds. The number of carbonyl (C=O) groups is 1. The molecule has 5 rings (SSSR count). The van der Waals surface area contributed by atoms with Gasteiger partial charge in [0.25, 0.3) is 0 Å². The normalized spacial score (nSPS) is 24.0. The number of piperazine rings is 1. The highest BCUT2D eigenvalue weighted by molar-refractivity contribution is 5.85. The molecule has 3 aliphatic heterocycles. The molecule has 3 saturated heterocycles. The first-order valence-electron chi connectivity index (χ1n) is 11.4. The van der Waals surface area contributed by atoms with Gasteiger partial charge in [-0.15, -0.1) is 0 Å². The summed E-state index contributed by atoms with van der Waals surface area (Å²) in [6.07, 6.45) is 7.37. The first kappa shape index (κ1) is 20.3. The van der Waals surface area contributed by atoms with Crippen molar-refractivity contribution in [3.8, 4) is 0 Å². The third-order valence-corrected chi connectivity index (χ3v) is 7.32. The Morgan fingerprint density at radius 1 is 1.03 bits per heavy atom. The maximum Gasteiger partial charge on any atom is 0.226 e. The molecule has 0 bridgehead atoms. The summed E-state index contributed by atoms with van der Waals surface area (Å²) in [6, 6.07) is 7.04. The highest BCUT2D eigenvalue weighted by Crippen LogP contribution is 2.41.